The molecule has 1 aromatic heterocycles. The fourth-order valence-corrected chi connectivity index (χ4v) is 2.40. The number of aryl methyl sites for hydroxylation is 2. The van der Waals surface area contributed by atoms with E-state index in [0.717, 1.165) is 18.2 Å². The fraction of sp³-hybridized carbons (Fsp3) is 0.500. The molecule has 5 heteroatoms. The first kappa shape index (κ1) is 15.7. The van der Waals surface area contributed by atoms with Crippen molar-refractivity contribution >= 4 is 0 Å². The lowest BCUT2D eigenvalue weighted by molar-refractivity contribution is 0.0878. The molecule has 0 radical (unpaired) electrons. The molecule has 1 unspecified atom stereocenters. The van der Waals surface area contributed by atoms with Gasteiger partial charge in [-0.05, 0) is 26.3 Å². The molecule has 2 aromatic rings. The van der Waals surface area contributed by atoms with Crippen molar-refractivity contribution in [2.45, 2.75) is 39.9 Å². The highest BCUT2D eigenvalue weighted by Gasteiger charge is 2.17. The Kier molecular flexibility index (Phi) is 5.47. The topological polar surface area (TPSA) is 54.0 Å². The van der Waals surface area contributed by atoms with Crippen molar-refractivity contribution in [3.63, 3.8) is 0 Å². The van der Waals surface area contributed by atoms with Crippen LogP contribution in [0.1, 0.15) is 29.7 Å². The fourth-order valence-electron chi connectivity index (χ4n) is 2.40. The van der Waals surface area contributed by atoms with Gasteiger partial charge in [0.15, 0.2) is 5.82 Å². The van der Waals surface area contributed by atoms with Gasteiger partial charge in [0.1, 0.15) is 5.82 Å². The van der Waals surface area contributed by atoms with Crippen LogP contribution in [0.5, 0.6) is 0 Å². The quantitative estimate of drug-likeness (QED) is 0.850. The number of nitrogens with zero attached hydrogens (tertiary/aromatic N) is 3. The van der Waals surface area contributed by atoms with Crippen LogP contribution in [0, 0.1) is 13.8 Å². The lowest BCUT2D eigenvalue weighted by atomic mass is 10.1. The van der Waals surface area contributed by atoms with Crippen LogP contribution in [0.25, 0.3) is 0 Å². The van der Waals surface area contributed by atoms with Gasteiger partial charge < -0.3 is 4.74 Å². The smallest absolute Gasteiger partial charge is 0.164 e. The Bertz CT molecular complexity index is 567. The summed E-state index contributed by atoms with van der Waals surface area (Å²) >= 11 is 0. The first-order valence-corrected chi connectivity index (χ1v) is 7.25. The Morgan fingerprint density at radius 1 is 1.29 bits per heavy atom. The monoisotopic (exact) mass is 288 g/mol. The molecule has 0 fully saturated rings. The summed E-state index contributed by atoms with van der Waals surface area (Å²) in [5.41, 5.74) is 2.57. The summed E-state index contributed by atoms with van der Waals surface area (Å²) in [5, 5.41) is 7.14. The molecular weight excluding hydrogens is 264 g/mol. The molecule has 1 N–H and O–H groups in total. The normalized spacial score (nSPS) is 12.8. The van der Waals surface area contributed by atoms with Crippen LogP contribution >= 0.6 is 0 Å². The summed E-state index contributed by atoms with van der Waals surface area (Å²) in [6.07, 6.45) is 0. The van der Waals surface area contributed by atoms with Gasteiger partial charge in [-0.25, -0.2) is 4.98 Å². The van der Waals surface area contributed by atoms with Crippen LogP contribution in [-0.4, -0.2) is 39.8 Å². The van der Waals surface area contributed by atoms with E-state index in [1.54, 1.807) is 7.11 Å². The number of methoxy groups -OCH3 is 1. The zero-order valence-corrected chi connectivity index (χ0v) is 13.3. The van der Waals surface area contributed by atoms with E-state index < -0.39 is 0 Å². The minimum atomic E-state index is 0.300. The first-order valence-electron chi connectivity index (χ1n) is 7.25. The van der Waals surface area contributed by atoms with E-state index in [9.17, 15) is 0 Å². The SMILES string of the molecule is COCC(C)N(Cc1cccc(C)c1)Cc1n[nH]c(C)n1. The molecule has 0 aliphatic rings. The number of aromatic nitrogens is 3. The molecule has 2 rings (SSSR count). The van der Waals surface area contributed by atoms with Gasteiger partial charge in [0.25, 0.3) is 0 Å². The van der Waals surface area contributed by atoms with Crippen LogP contribution in [0.4, 0.5) is 0 Å². The van der Waals surface area contributed by atoms with E-state index >= 15 is 0 Å². The molecule has 114 valence electrons. The Balaban J connectivity index is 2.11. The molecule has 0 spiro atoms. The number of ether oxygens (including phenoxy) is 1. The van der Waals surface area contributed by atoms with E-state index in [2.05, 4.69) is 58.2 Å². The predicted octanol–water partition coefficient (Wildman–Crippen LogP) is 2.46. The van der Waals surface area contributed by atoms with Crippen molar-refractivity contribution in [3.8, 4) is 0 Å². The standard InChI is InChI=1S/C16H24N4O/c1-12-6-5-7-15(8-12)9-20(13(2)11-21-4)10-16-17-14(3)18-19-16/h5-8,13H,9-11H2,1-4H3,(H,17,18,19). The molecule has 21 heavy (non-hydrogen) atoms. The number of rotatable bonds is 7. The van der Waals surface area contributed by atoms with Crippen LogP contribution in [-0.2, 0) is 17.8 Å². The number of H-pyrrole nitrogens is 1. The van der Waals surface area contributed by atoms with E-state index in [4.69, 9.17) is 4.74 Å². The third-order valence-electron chi connectivity index (χ3n) is 3.49. The molecular formula is C16H24N4O. The third-order valence-corrected chi connectivity index (χ3v) is 3.49. The van der Waals surface area contributed by atoms with E-state index in [1.807, 2.05) is 6.92 Å². The van der Waals surface area contributed by atoms with Gasteiger partial charge in [-0.2, -0.15) is 5.10 Å². The highest BCUT2D eigenvalue weighted by molar-refractivity contribution is 5.22. The van der Waals surface area contributed by atoms with Crippen molar-refractivity contribution < 1.29 is 4.74 Å². The van der Waals surface area contributed by atoms with E-state index in [-0.39, 0.29) is 0 Å². The van der Waals surface area contributed by atoms with E-state index in [0.29, 0.717) is 19.2 Å². The van der Waals surface area contributed by atoms with Crippen LogP contribution in [0.3, 0.4) is 0 Å². The summed E-state index contributed by atoms with van der Waals surface area (Å²) in [6.45, 7) is 8.46. The van der Waals surface area contributed by atoms with Crippen LogP contribution in [0.15, 0.2) is 24.3 Å². The Morgan fingerprint density at radius 2 is 2.10 bits per heavy atom. The van der Waals surface area contributed by atoms with Gasteiger partial charge in [-0.1, -0.05) is 29.8 Å². The van der Waals surface area contributed by atoms with Gasteiger partial charge in [0.05, 0.1) is 13.2 Å². The summed E-state index contributed by atoms with van der Waals surface area (Å²) in [4.78, 5) is 6.74. The lowest BCUT2D eigenvalue weighted by Crippen LogP contribution is -2.35. The summed E-state index contributed by atoms with van der Waals surface area (Å²) in [5.74, 6) is 1.67. The molecule has 0 aliphatic heterocycles. The zero-order chi connectivity index (χ0) is 15.2. The maximum Gasteiger partial charge on any atom is 0.164 e. The lowest BCUT2D eigenvalue weighted by Gasteiger charge is -2.27. The second kappa shape index (κ2) is 7.33. The highest BCUT2D eigenvalue weighted by Crippen LogP contribution is 2.13. The Morgan fingerprint density at radius 3 is 2.71 bits per heavy atom. The molecule has 1 heterocycles. The number of benzene rings is 1. The maximum atomic E-state index is 5.30. The Labute approximate surface area is 126 Å². The summed E-state index contributed by atoms with van der Waals surface area (Å²) < 4.78 is 5.30. The van der Waals surface area contributed by atoms with Gasteiger partial charge in [0.2, 0.25) is 0 Å². The summed E-state index contributed by atoms with van der Waals surface area (Å²) in [7, 11) is 1.73. The zero-order valence-electron chi connectivity index (χ0n) is 13.3. The molecule has 0 aliphatic carbocycles. The molecule has 1 aromatic carbocycles. The molecule has 1 atom stereocenters. The average Bonchev–Trinajstić information content (AvgIpc) is 2.84. The molecule has 0 bridgehead atoms. The first-order chi connectivity index (χ1) is 10.1. The Hall–Kier alpha value is -1.72. The summed E-state index contributed by atoms with van der Waals surface area (Å²) in [6, 6.07) is 8.89. The second-order valence-corrected chi connectivity index (χ2v) is 5.54. The molecule has 0 saturated heterocycles. The second-order valence-electron chi connectivity index (χ2n) is 5.54. The molecule has 0 amide bonds. The average molecular weight is 288 g/mol. The van der Waals surface area contributed by atoms with Gasteiger partial charge in [0, 0.05) is 19.7 Å². The molecule has 5 nitrogen and oxygen atoms in total. The number of hydrogen-bond acceptors (Lipinski definition) is 4. The maximum absolute atomic E-state index is 5.30. The number of aromatic amines is 1. The largest absolute Gasteiger partial charge is 0.383 e. The number of hydrogen-bond donors (Lipinski definition) is 1. The van der Waals surface area contributed by atoms with Crippen LogP contribution in [0.2, 0.25) is 0 Å². The van der Waals surface area contributed by atoms with Gasteiger partial charge >= 0.3 is 0 Å². The van der Waals surface area contributed by atoms with Crippen molar-refractivity contribution in [3.05, 3.63) is 47.0 Å². The van der Waals surface area contributed by atoms with Crippen molar-refractivity contribution in [1.29, 1.82) is 0 Å². The minimum absolute atomic E-state index is 0.300. The van der Waals surface area contributed by atoms with Crippen molar-refractivity contribution in [1.82, 2.24) is 20.1 Å². The minimum Gasteiger partial charge on any atom is -0.383 e. The van der Waals surface area contributed by atoms with Gasteiger partial charge in [-0.15, -0.1) is 0 Å². The number of nitrogens with one attached hydrogen (secondary N) is 1. The van der Waals surface area contributed by atoms with Crippen molar-refractivity contribution in [2.24, 2.45) is 0 Å². The molecule has 0 saturated carbocycles. The highest BCUT2D eigenvalue weighted by atomic mass is 16.5. The van der Waals surface area contributed by atoms with Crippen LogP contribution < -0.4 is 0 Å². The predicted molar refractivity (Wildman–Crippen MR) is 82.9 cm³/mol. The van der Waals surface area contributed by atoms with Crippen molar-refractivity contribution in [2.75, 3.05) is 13.7 Å². The third kappa shape index (κ3) is 4.65. The van der Waals surface area contributed by atoms with Gasteiger partial charge in [-0.3, -0.25) is 10.00 Å². The van der Waals surface area contributed by atoms with E-state index in [1.165, 1.54) is 11.1 Å².